The Bertz CT molecular complexity index is 1250. The highest BCUT2D eigenvalue weighted by Gasteiger charge is 2.43. The number of hydrogen-bond donors (Lipinski definition) is 2. The lowest BCUT2D eigenvalue weighted by atomic mass is 9.77. The number of carbonyl (C=O) groups is 1. The Kier molecular flexibility index (Phi) is 6.45. The van der Waals surface area contributed by atoms with Gasteiger partial charge in [-0.15, -0.1) is 0 Å². The molecule has 1 aromatic heterocycles. The average Bonchev–Trinajstić information content (AvgIpc) is 3.27. The molecule has 3 aromatic rings. The zero-order chi connectivity index (χ0) is 24.6. The zero-order valence-electron chi connectivity index (χ0n) is 19.7. The van der Waals surface area contributed by atoms with Gasteiger partial charge in [0.15, 0.2) is 0 Å². The molecular weight excluding hydrogens is 440 g/mol. The van der Waals surface area contributed by atoms with Gasteiger partial charge in [0.1, 0.15) is 11.6 Å². The van der Waals surface area contributed by atoms with Gasteiger partial charge in [0.05, 0.1) is 37.1 Å². The molecule has 2 N–H and O–H groups in total. The molecule has 4 rings (SSSR count). The Balaban J connectivity index is 1.97. The van der Waals surface area contributed by atoms with Gasteiger partial charge >= 0.3 is 5.97 Å². The molecule has 0 spiro atoms. The number of nitrogens with zero attached hydrogens (tertiary/aromatic N) is 2. The summed E-state index contributed by atoms with van der Waals surface area (Å²) in [5, 5.41) is 17.1. The van der Waals surface area contributed by atoms with Gasteiger partial charge in [0.2, 0.25) is 0 Å². The SMILES string of the molecule is COc1cc(/C=C/C(=O)O)cc(F)c1C1c2ccc3[nH]ncc3c2CC(C)(C)N1C[C@H](C)CF. The molecule has 2 atom stereocenters. The van der Waals surface area contributed by atoms with E-state index in [0.29, 0.717) is 29.8 Å². The Hall–Kier alpha value is -3.26. The van der Waals surface area contributed by atoms with Gasteiger partial charge in [-0.2, -0.15) is 5.10 Å². The van der Waals surface area contributed by atoms with E-state index in [4.69, 9.17) is 9.84 Å². The van der Waals surface area contributed by atoms with Crippen molar-refractivity contribution in [3.63, 3.8) is 0 Å². The molecule has 0 radical (unpaired) electrons. The molecule has 0 fully saturated rings. The van der Waals surface area contributed by atoms with Crippen LogP contribution in [0.3, 0.4) is 0 Å². The van der Waals surface area contributed by atoms with E-state index >= 15 is 4.39 Å². The first-order valence-corrected chi connectivity index (χ1v) is 11.2. The fourth-order valence-corrected chi connectivity index (χ4v) is 4.96. The summed E-state index contributed by atoms with van der Waals surface area (Å²) in [5.74, 6) is -1.57. The van der Waals surface area contributed by atoms with Gasteiger partial charge < -0.3 is 9.84 Å². The van der Waals surface area contributed by atoms with Crippen LogP contribution in [0.25, 0.3) is 17.0 Å². The third kappa shape index (κ3) is 4.30. The molecule has 2 aromatic carbocycles. The Morgan fingerprint density at radius 3 is 2.85 bits per heavy atom. The standard InChI is InChI=1S/C26H29F2N3O3/c1-15(12-27)14-31-25(24-20(28)9-16(5-8-23(32)33)10-22(24)34-4)17-6-7-21-19(13-29-30-21)18(17)11-26(31,2)3/h5-10,13,15,25H,11-12,14H2,1-4H3,(H,29,30)(H,32,33)/b8-5+/t15-,25?/m1/s1. The van der Waals surface area contributed by atoms with Crippen LogP contribution in [0.1, 0.15) is 49.1 Å². The molecule has 1 unspecified atom stereocenters. The number of nitrogens with one attached hydrogen (secondary N) is 1. The fourth-order valence-electron chi connectivity index (χ4n) is 4.96. The number of aromatic amines is 1. The number of rotatable bonds is 7. The maximum absolute atomic E-state index is 15.8. The van der Waals surface area contributed by atoms with E-state index in [1.807, 2.05) is 19.1 Å². The number of fused-ring (bicyclic) bond motifs is 3. The van der Waals surface area contributed by atoms with E-state index in [-0.39, 0.29) is 5.92 Å². The number of benzene rings is 2. The third-order valence-corrected chi connectivity index (χ3v) is 6.56. The average molecular weight is 470 g/mol. The summed E-state index contributed by atoms with van der Waals surface area (Å²) in [4.78, 5) is 13.1. The number of hydrogen-bond acceptors (Lipinski definition) is 4. The van der Waals surface area contributed by atoms with Gasteiger partial charge in [0.25, 0.3) is 0 Å². The number of alkyl halides is 1. The van der Waals surface area contributed by atoms with E-state index < -0.39 is 30.0 Å². The minimum absolute atomic E-state index is 0.243. The quantitative estimate of drug-likeness (QED) is 0.469. The van der Waals surface area contributed by atoms with Crippen LogP contribution in [0.5, 0.6) is 5.75 Å². The molecule has 0 saturated carbocycles. The lowest BCUT2D eigenvalue weighted by Gasteiger charge is -2.50. The molecule has 0 amide bonds. The van der Waals surface area contributed by atoms with Crippen LogP contribution < -0.4 is 4.74 Å². The number of aliphatic carboxylic acids is 1. The van der Waals surface area contributed by atoms with Crippen LogP contribution in [-0.4, -0.2) is 52.0 Å². The highest BCUT2D eigenvalue weighted by Crippen LogP contribution is 2.48. The molecule has 6 nitrogen and oxygen atoms in total. The molecule has 1 aliphatic rings. The lowest BCUT2D eigenvalue weighted by molar-refractivity contribution is -0.131. The monoisotopic (exact) mass is 469 g/mol. The van der Waals surface area contributed by atoms with Crippen molar-refractivity contribution in [1.29, 1.82) is 0 Å². The van der Waals surface area contributed by atoms with Crippen LogP contribution >= 0.6 is 0 Å². The number of aromatic nitrogens is 2. The topological polar surface area (TPSA) is 78.5 Å². The van der Waals surface area contributed by atoms with E-state index in [2.05, 4.69) is 28.9 Å². The zero-order valence-corrected chi connectivity index (χ0v) is 19.7. The molecule has 8 heteroatoms. The molecular formula is C26H29F2N3O3. The summed E-state index contributed by atoms with van der Waals surface area (Å²) in [7, 11) is 1.46. The van der Waals surface area contributed by atoms with Gasteiger partial charge in [0, 0.05) is 23.5 Å². The number of halogens is 2. The minimum Gasteiger partial charge on any atom is -0.496 e. The summed E-state index contributed by atoms with van der Waals surface area (Å²) in [5.41, 5.74) is 3.21. The first-order valence-electron chi connectivity index (χ1n) is 11.2. The summed E-state index contributed by atoms with van der Waals surface area (Å²) in [6, 6.07) is 6.31. The van der Waals surface area contributed by atoms with Gasteiger partial charge in [-0.3, -0.25) is 14.4 Å². The van der Waals surface area contributed by atoms with Crippen molar-refractivity contribution < 1.29 is 23.4 Å². The van der Waals surface area contributed by atoms with Crippen molar-refractivity contribution in [2.45, 2.75) is 38.8 Å². The van der Waals surface area contributed by atoms with Gasteiger partial charge in [-0.25, -0.2) is 9.18 Å². The fraction of sp³-hybridized carbons (Fsp3) is 0.385. The first kappa shape index (κ1) is 23.9. The van der Waals surface area contributed by atoms with Crippen LogP contribution in [-0.2, 0) is 11.2 Å². The summed E-state index contributed by atoms with van der Waals surface area (Å²) in [6.07, 6.45) is 4.76. The maximum Gasteiger partial charge on any atom is 0.328 e. The predicted molar refractivity (Wildman–Crippen MR) is 127 cm³/mol. The maximum atomic E-state index is 15.8. The van der Waals surface area contributed by atoms with Crippen LogP contribution in [0.4, 0.5) is 8.78 Å². The lowest BCUT2D eigenvalue weighted by Crippen LogP contribution is -2.53. The van der Waals surface area contributed by atoms with Crippen molar-refractivity contribution in [2.24, 2.45) is 5.92 Å². The van der Waals surface area contributed by atoms with E-state index in [1.54, 1.807) is 12.3 Å². The van der Waals surface area contributed by atoms with Crippen LogP contribution in [0.15, 0.2) is 36.5 Å². The predicted octanol–water partition coefficient (Wildman–Crippen LogP) is 5.14. The molecule has 34 heavy (non-hydrogen) atoms. The number of ether oxygens (including phenoxy) is 1. The second-order valence-electron chi connectivity index (χ2n) is 9.56. The van der Waals surface area contributed by atoms with E-state index in [0.717, 1.165) is 28.1 Å². The van der Waals surface area contributed by atoms with Gasteiger partial charge in [-0.1, -0.05) is 13.0 Å². The first-order chi connectivity index (χ1) is 16.2. The largest absolute Gasteiger partial charge is 0.496 e. The summed E-state index contributed by atoms with van der Waals surface area (Å²) in [6.45, 7) is 5.96. The second kappa shape index (κ2) is 9.18. The Morgan fingerprint density at radius 2 is 2.18 bits per heavy atom. The van der Waals surface area contributed by atoms with Crippen LogP contribution in [0.2, 0.25) is 0 Å². The van der Waals surface area contributed by atoms with Crippen molar-refractivity contribution in [3.8, 4) is 5.75 Å². The number of carboxylic acids is 1. The minimum atomic E-state index is -1.12. The Labute approximate surface area is 197 Å². The van der Waals surface area contributed by atoms with Crippen LogP contribution in [0, 0.1) is 11.7 Å². The highest BCUT2D eigenvalue weighted by molar-refractivity contribution is 5.86. The molecule has 1 aliphatic heterocycles. The third-order valence-electron chi connectivity index (χ3n) is 6.56. The number of methoxy groups -OCH3 is 1. The van der Waals surface area contributed by atoms with Crippen molar-refractivity contribution in [2.75, 3.05) is 20.3 Å². The molecule has 0 saturated heterocycles. The van der Waals surface area contributed by atoms with Crippen molar-refractivity contribution in [1.82, 2.24) is 15.1 Å². The number of H-pyrrole nitrogens is 1. The van der Waals surface area contributed by atoms with Gasteiger partial charge in [-0.05, 0) is 67.2 Å². The van der Waals surface area contributed by atoms with E-state index in [1.165, 1.54) is 19.3 Å². The second-order valence-corrected chi connectivity index (χ2v) is 9.56. The molecule has 0 bridgehead atoms. The summed E-state index contributed by atoms with van der Waals surface area (Å²) >= 11 is 0. The summed E-state index contributed by atoms with van der Waals surface area (Å²) < 4.78 is 35.1. The Morgan fingerprint density at radius 1 is 1.41 bits per heavy atom. The van der Waals surface area contributed by atoms with Crippen molar-refractivity contribution >= 4 is 22.9 Å². The number of carboxylic acid groups (broad SMARTS) is 1. The van der Waals surface area contributed by atoms with E-state index in [9.17, 15) is 9.18 Å². The molecule has 0 aliphatic carbocycles. The molecule has 2 heterocycles. The highest BCUT2D eigenvalue weighted by atomic mass is 19.1. The molecule has 180 valence electrons. The smallest absolute Gasteiger partial charge is 0.328 e. The van der Waals surface area contributed by atoms with Crippen molar-refractivity contribution in [3.05, 3.63) is 64.6 Å². The normalized spacial score (nSPS) is 18.8.